The average molecular weight is 689 g/mol. The molecule has 0 saturated carbocycles. The highest BCUT2D eigenvalue weighted by Crippen LogP contribution is 2.42. The van der Waals surface area contributed by atoms with E-state index in [4.69, 9.17) is 18.6 Å². The summed E-state index contributed by atoms with van der Waals surface area (Å²) in [7, 11) is 2.73. The first-order valence-corrected chi connectivity index (χ1v) is 13.9. The summed E-state index contributed by atoms with van der Waals surface area (Å²) in [6, 6.07) is 16.8. The minimum absolute atomic E-state index is 0.0824. The number of amides is 1. The van der Waals surface area contributed by atoms with Crippen molar-refractivity contribution < 1.29 is 33.0 Å². The second-order valence-electron chi connectivity index (χ2n) is 8.69. The largest absolute Gasteiger partial charge is 0.493 e. The lowest BCUT2D eigenvalue weighted by Crippen LogP contribution is -2.17. The van der Waals surface area contributed by atoms with Crippen molar-refractivity contribution in [2.75, 3.05) is 20.8 Å². The Morgan fingerprint density at radius 2 is 1.68 bits per heavy atom. The topological polar surface area (TPSA) is 114 Å². The van der Waals surface area contributed by atoms with Gasteiger partial charge in [0.05, 0.1) is 24.9 Å². The molecule has 0 atom stereocenters. The number of nitrogens with one attached hydrogen (secondary N) is 1. The molecule has 4 rings (SSSR count). The molecular formula is C29H27Br2N3O7. The van der Waals surface area contributed by atoms with Gasteiger partial charge < -0.3 is 27.9 Å². The van der Waals surface area contributed by atoms with Crippen LogP contribution in [0.15, 0.2) is 73.1 Å². The van der Waals surface area contributed by atoms with Crippen LogP contribution in [-0.4, -0.2) is 43.5 Å². The van der Waals surface area contributed by atoms with E-state index < -0.39 is 11.9 Å². The van der Waals surface area contributed by atoms with Gasteiger partial charge in [-0.25, -0.2) is 10.2 Å². The Hall–Kier alpha value is -4.03. The Kier molecular flexibility index (Phi) is 9.90. The number of carbonyl (C=O) groups is 2. The highest BCUT2D eigenvalue weighted by molar-refractivity contribution is 9.13. The van der Waals surface area contributed by atoms with Gasteiger partial charge in [0.2, 0.25) is 0 Å². The van der Waals surface area contributed by atoms with Gasteiger partial charge in [-0.3, -0.25) is 4.79 Å². The van der Waals surface area contributed by atoms with E-state index >= 15 is 0 Å². The zero-order valence-corrected chi connectivity index (χ0v) is 25.9. The number of furan rings is 1. The van der Waals surface area contributed by atoms with Gasteiger partial charge in [0, 0.05) is 27.1 Å². The maximum atomic E-state index is 12.6. The second-order valence-corrected chi connectivity index (χ2v) is 10.3. The molecular weight excluding hydrogens is 662 g/mol. The van der Waals surface area contributed by atoms with Crippen LogP contribution in [0.25, 0.3) is 5.69 Å². The van der Waals surface area contributed by atoms with Crippen molar-refractivity contribution in [3.05, 3.63) is 92.0 Å². The van der Waals surface area contributed by atoms with Gasteiger partial charge in [-0.15, -0.1) is 0 Å². The summed E-state index contributed by atoms with van der Waals surface area (Å²) in [6.07, 6.45) is 1.42. The van der Waals surface area contributed by atoms with E-state index in [1.54, 1.807) is 18.2 Å². The van der Waals surface area contributed by atoms with Gasteiger partial charge in [0.1, 0.15) is 18.1 Å². The Morgan fingerprint density at radius 1 is 0.976 bits per heavy atom. The zero-order valence-electron chi connectivity index (χ0n) is 22.7. The molecule has 1 amide bonds. The van der Waals surface area contributed by atoms with Crippen molar-refractivity contribution in [1.82, 2.24) is 9.99 Å². The number of ether oxygens (including phenoxy) is 4. The standard InChI is InChI=1S/C29H27Br2N3O7/c1-17-5-6-18(2)34(17)20-7-9-21(10-8-20)39-15-22-11-12-23(41-22)29(36)33-32-14-19-13-24(37-3)28(27(31)26(19)30)40-16-25(35)38-4/h5-14H,15-16H2,1-4H3,(H,33,36)/b32-14+. The number of aryl methyl sites for hydroxylation is 2. The molecule has 214 valence electrons. The molecule has 0 aliphatic heterocycles. The summed E-state index contributed by atoms with van der Waals surface area (Å²) >= 11 is 6.88. The molecule has 4 aromatic rings. The predicted octanol–water partition coefficient (Wildman–Crippen LogP) is 6.12. The van der Waals surface area contributed by atoms with Crippen LogP contribution in [0.2, 0.25) is 0 Å². The smallest absolute Gasteiger partial charge is 0.343 e. The molecule has 2 aromatic carbocycles. The molecule has 0 aliphatic carbocycles. The minimum atomic E-state index is -0.538. The SMILES string of the molecule is COC(=O)COc1c(OC)cc(/C=N/NC(=O)c2ccc(COc3ccc(-n4c(C)ccc4C)cc3)o2)c(Br)c1Br. The normalized spacial score (nSPS) is 11.0. The van der Waals surface area contributed by atoms with Gasteiger partial charge in [-0.05, 0) is 100 Å². The van der Waals surface area contributed by atoms with Crippen LogP contribution < -0.4 is 19.6 Å². The van der Waals surface area contributed by atoms with E-state index in [1.807, 2.05) is 24.3 Å². The molecule has 12 heteroatoms. The summed E-state index contributed by atoms with van der Waals surface area (Å²) in [4.78, 5) is 24.0. The number of aromatic nitrogens is 1. The molecule has 1 N–H and O–H groups in total. The third-order valence-corrected chi connectivity index (χ3v) is 8.08. The van der Waals surface area contributed by atoms with Crippen LogP contribution in [-0.2, 0) is 16.1 Å². The number of benzene rings is 2. The van der Waals surface area contributed by atoms with Crippen molar-refractivity contribution in [2.45, 2.75) is 20.5 Å². The number of hydrogen-bond donors (Lipinski definition) is 1. The average Bonchev–Trinajstić information content (AvgIpc) is 3.59. The number of carbonyl (C=O) groups excluding carboxylic acids is 2. The monoisotopic (exact) mass is 687 g/mol. The van der Waals surface area contributed by atoms with Gasteiger partial charge in [0.15, 0.2) is 23.9 Å². The molecule has 0 radical (unpaired) electrons. The predicted molar refractivity (Wildman–Crippen MR) is 159 cm³/mol. The Balaban J connectivity index is 1.34. The first kappa shape index (κ1) is 29.9. The Morgan fingerprint density at radius 3 is 2.34 bits per heavy atom. The fourth-order valence-electron chi connectivity index (χ4n) is 3.89. The highest BCUT2D eigenvalue weighted by atomic mass is 79.9. The lowest BCUT2D eigenvalue weighted by Gasteiger charge is -2.14. The van der Waals surface area contributed by atoms with Crippen molar-refractivity contribution in [3.8, 4) is 22.9 Å². The summed E-state index contributed by atoms with van der Waals surface area (Å²) in [5, 5.41) is 4.02. The number of hydrazone groups is 1. The molecule has 0 bridgehead atoms. The quantitative estimate of drug-likeness (QED) is 0.115. The Labute approximate surface area is 253 Å². The fourth-order valence-corrected chi connectivity index (χ4v) is 4.83. The molecule has 2 heterocycles. The van der Waals surface area contributed by atoms with Crippen molar-refractivity contribution in [3.63, 3.8) is 0 Å². The lowest BCUT2D eigenvalue weighted by molar-refractivity contribution is -0.142. The lowest BCUT2D eigenvalue weighted by atomic mass is 10.2. The Bertz CT molecular complexity index is 1560. The van der Waals surface area contributed by atoms with E-state index in [2.05, 4.69) is 77.7 Å². The van der Waals surface area contributed by atoms with Crippen molar-refractivity contribution >= 4 is 50.0 Å². The first-order chi connectivity index (χ1) is 19.7. The number of rotatable bonds is 11. The van der Waals surface area contributed by atoms with Gasteiger partial charge in [0.25, 0.3) is 0 Å². The van der Waals surface area contributed by atoms with Gasteiger partial charge >= 0.3 is 11.9 Å². The van der Waals surface area contributed by atoms with E-state index in [-0.39, 0.29) is 19.0 Å². The molecule has 41 heavy (non-hydrogen) atoms. The number of halogens is 2. The van der Waals surface area contributed by atoms with Crippen LogP contribution in [0.1, 0.15) is 33.3 Å². The maximum absolute atomic E-state index is 12.6. The minimum Gasteiger partial charge on any atom is -0.493 e. The van der Waals surface area contributed by atoms with E-state index in [1.165, 1.54) is 20.4 Å². The molecule has 0 unspecified atom stereocenters. The van der Waals surface area contributed by atoms with Gasteiger partial charge in [-0.2, -0.15) is 5.10 Å². The van der Waals surface area contributed by atoms with E-state index in [9.17, 15) is 9.59 Å². The summed E-state index contributed by atoms with van der Waals surface area (Å²) in [5.41, 5.74) is 6.37. The number of methoxy groups -OCH3 is 2. The molecule has 0 saturated heterocycles. The van der Waals surface area contributed by atoms with Crippen LogP contribution in [0.3, 0.4) is 0 Å². The molecule has 10 nitrogen and oxygen atoms in total. The fraction of sp³-hybridized carbons (Fsp3) is 0.207. The second kappa shape index (κ2) is 13.6. The molecule has 0 spiro atoms. The molecule has 0 aliphatic rings. The molecule has 2 aromatic heterocycles. The van der Waals surface area contributed by atoms with Crippen molar-refractivity contribution in [1.29, 1.82) is 0 Å². The van der Waals surface area contributed by atoms with E-state index in [0.717, 1.165) is 17.1 Å². The van der Waals surface area contributed by atoms with Crippen LogP contribution in [0.4, 0.5) is 0 Å². The van der Waals surface area contributed by atoms with Crippen LogP contribution in [0, 0.1) is 13.8 Å². The molecule has 0 fully saturated rings. The number of hydrogen-bond acceptors (Lipinski definition) is 8. The third-order valence-electron chi connectivity index (χ3n) is 5.94. The van der Waals surface area contributed by atoms with Gasteiger partial charge in [-0.1, -0.05) is 0 Å². The highest BCUT2D eigenvalue weighted by Gasteiger charge is 2.18. The first-order valence-electron chi connectivity index (χ1n) is 12.3. The van der Waals surface area contributed by atoms with Crippen LogP contribution >= 0.6 is 31.9 Å². The van der Waals surface area contributed by atoms with E-state index in [0.29, 0.717) is 37.5 Å². The third kappa shape index (κ3) is 7.19. The summed E-state index contributed by atoms with van der Waals surface area (Å²) < 4.78 is 30.2. The number of esters is 1. The zero-order chi connectivity index (χ0) is 29.5. The number of nitrogens with zero attached hydrogens (tertiary/aromatic N) is 2. The van der Waals surface area contributed by atoms with Crippen LogP contribution in [0.5, 0.6) is 17.2 Å². The maximum Gasteiger partial charge on any atom is 0.343 e. The summed E-state index contributed by atoms with van der Waals surface area (Å²) in [6.45, 7) is 3.98. The van der Waals surface area contributed by atoms with Crippen molar-refractivity contribution in [2.24, 2.45) is 5.10 Å². The summed E-state index contributed by atoms with van der Waals surface area (Å²) in [5.74, 6) is 0.823.